The summed E-state index contributed by atoms with van der Waals surface area (Å²) in [6, 6.07) is 0. The number of rotatable bonds is 5. The molecular weight excluding hydrogens is 258 g/mol. The topological polar surface area (TPSA) is 46.8 Å². The van der Waals surface area contributed by atoms with Gasteiger partial charge in [0.05, 0.1) is 6.33 Å². The van der Waals surface area contributed by atoms with Crippen molar-refractivity contribution >= 4 is 16.7 Å². The van der Waals surface area contributed by atoms with Crippen LogP contribution in [0.1, 0.15) is 33.0 Å². The summed E-state index contributed by atoms with van der Waals surface area (Å²) in [5, 5.41) is 0.996. The van der Waals surface area contributed by atoms with Crippen molar-refractivity contribution < 1.29 is 0 Å². The minimum Gasteiger partial charge on any atom is -0.350 e. The molecular formula is C13H21N5S. The zero-order chi connectivity index (χ0) is 13.9. The highest BCUT2D eigenvalue weighted by molar-refractivity contribution is 7.09. The van der Waals surface area contributed by atoms with E-state index in [9.17, 15) is 0 Å². The number of hydrogen-bond donors (Lipinski definition) is 0. The van der Waals surface area contributed by atoms with E-state index in [1.54, 1.807) is 0 Å². The number of aromatic nitrogens is 4. The Hall–Kier alpha value is -1.43. The van der Waals surface area contributed by atoms with E-state index in [0.29, 0.717) is 0 Å². The summed E-state index contributed by atoms with van der Waals surface area (Å²) in [7, 11) is 2.07. The van der Waals surface area contributed by atoms with Crippen molar-refractivity contribution in [2.75, 3.05) is 18.5 Å². The van der Waals surface area contributed by atoms with E-state index in [1.165, 1.54) is 11.5 Å². The summed E-state index contributed by atoms with van der Waals surface area (Å²) in [5.74, 6) is 0.925. The molecule has 6 heteroatoms. The van der Waals surface area contributed by atoms with Crippen LogP contribution in [-0.2, 0) is 12.0 Å². The van der Waals surface area contributed by atoms with Crippen molar-refractivity contribution in [3.63, 3.8) is 0 Å². The Bertz CT molecular complexity index is 497. The molecule has 0 aliphatic rings. The van der Waals surface area contributed by atoms with Crippen LogP contribution in [0, 0.1) is 0 Å². The average molecular weight is 279 g/mol. The van der Waals surface area contributed by atoms with Crippen LogP contribution in [-0.4, -0.2) is 32.5 Å². The molecule has 0 unspecified atom stereocenters. The lowest BCUT2D eigenvalue weighted by molar-refractivity contribution is 0.554. The van der Waals surface area contributed by atoms with Gasteiger partial charge in [-0.15, -0.1) is 0 Å². The molecule has 0 atom stereocenters. The third-order valence-electron chi connectivity index (χ3n) is 2.88. The predicted molar refractivity (Wildman–Crippen MR) is 78.7 cm³/mol. The molecule has 0 spiro atoms. The van der Waals surface area contributed by atoms with Gasteiger partial charge >= 0.3 is 0 Å². The minimum atomic E-state index is 0.0202. The summed E-state index contributed by atoms with van der Waals surface area (Å²) in [6.45, 7) is 8.36. The van der Waals surface area contributed by atoms with Crippen LogP contribution in [0.25, 0.3) is 0 Å². The van der Waals surface area contributed by atoms with Crippen molar-refractivity contribution in [3.8, 4) is 0 Å². The lowest BCUT2D eigenvalue weighted by atomic mass is 9.96. The van der Waals surface area contributed by atoms with Crippen LogP contribution in [0.3, 0.4) is 0 Å². The standard InChI is InChI=1S/C13H21N5S/c1-13(2,3)11-15-12(19-16-11)17(4)7-5-8-18-9-6-14-10-18/h6,9-10H,5,7-8H2,1-4H3. The van der Waals surface area contributed by atoms with E-state index in [-0.39, 0.29) is 5.41 Å². The number of aryl methyl sites for hydroxylation is 1. The molecule has 0 amide bonds. The maximum atomic E-state index is 4.61. The van der Waals surface area contributed by atoms with Gasteiger partial charge in [-0.3, -0.25) is 0 Å². The Kier molecular flexibility index (Phi) is 4.19. The summed E-state index contributed by atoms with van der Waals surface area (Å²) in [4.78, 5) is 10.8. The van der Waals surface area contributed by atoms with Crippen molar-refractivity contribution in [3.05, 3.63) is 24.5 Å². The van der Waals surface area contributed by atoms with Crippen molar-refractivity contribution in [2.24, 2.45) is 0 Å². The molecule has 0 aromatic carbocycles. The Balaban J connectivity index is 1.86. The molecule has 0 radical (unpaired) electrons. The molecule has 2 rings (SSSR count). The second-order valence-electron chi connectivity index (χ2n) is 5.73. The lowest BCUT2D eigenvalue weighted by Crippen LogP contribution is -2.20. The fraction of sp³-hybridized carbons (Fsp3) is 0.615. The van der Waals surface area contributed by atoms with E-state index in [1.807, 2.05) is 18.7 Å². The number of hydrogen-bond acceptors (Lipinski definition) is 5. The fourth-order valence-electron chi connectivity index (χ4n) is 1.68. The Morgan fingerprint density at radius 2 is 2.16 bits per heavy atom. The van der Waals surface area contributed by atoms with Gasteiger partial charge < -0.3 is 9.47 Å². The van der Waals surface area contributed by atoms with E-state index in [2.05, 4.69) is 51.6 Å². The molecule has 2 aromatic heterocycles. The molecule has 104 valence electrons. The highest BCUT2D eigenvalue weighted by Crippen LogP contribution is 2.24. The predicted octanol–water partition coefficient (Wildman–Crippen LogP) is 2.56. The second kappa shape index (κ2) is 5.69. The van der Waals surface area contributed by atoms with Crippen LogP contribution in [0.4, 0.5) is 5.13 Å². The maximum Gasteiger partial charge on any atom is 0.204 e. The van der Waals surface area contributed by atoms with Gasteiger partial charge in [0.15, 0.2) is 0 Å². The van der Waals surface area contributed by atoms with E-state index >= 15 is 0 Å². The van der Waals surface area contributed by atoms with Gasteiger partial charge in [0.25, 0.3) is 0 Å². The van der Waals surface area contributed by atoms with Crippen molar-refractivity contribution in [1.29, 1.82) is 0 Å². The second-order valence-corrected chi connectivity index (χ2v) is 6.46. The van der Waals surface area contributed by atoms with Gasteiger partial charge in [-0.25, -0.2) is 9.97 Å². The van der Waals surface area contributed by atoms with Crippen molar-refractivity contribution in [2.45, 2.75) is 39.2 Å². The Morgan fingerprint density at radius 1 is 1.37 bits per heavy atom. The van der Waals surface area contributed by atoms with E-state index in [4.69, 9.17) is 0 Å². The normalized spacial score (nSPS) is 11.8. The first-order valence-electron chi connectivity index (χ1n) is 6.48. The van der Waals surface area contributed by atoms with Gasteiger partial charge in [-0.05, 0) is 6.42 Å². The zero-order valence-electron chi connectivity index (χ0n) is 12.0. The van der Waals surface area contributed by atoms with E-state index in [0.717, 1.165) is 30.5 Å². The third-order valence-corrected chi connectivity index (χ3v) is 3.71. The van der Waals surface area contributed by atoms with Gasteiger partial charge in [-0.1, -0.05) is 20.8 Å². The molecule has 0 saturated carbocycles. The molecule has 0 saturated heterocycles. The lowest BCUT2D eigenvalue weighted by Gasteiger charge is -2.16. The SMILES string of the molecule is CN(CCCn1ccnc1)c1nc(C(C)(C)C)ns1. The van der Waals surface area contributed by atoms with Gasteiger partial charge in [0.2, 0.25) is 5.13 Å². The first-order chi connectivity index (χ1) is 8.97. The maximum absolute atomic E-state index is 4.61. The molecule has 19 heavy (non-hydrogen) atoms. The average Bonchev–Trinajstić information content (AvgIpc) is 2.99. The van der Waals surface area contributed by atoms with Crippen LogP contribution in [0.5, 0.6) is 0 Å². The third kappa shape index (κ3) is 3.76. The Morgan fingerprint density at radius 3 is 2.74 bits per heavy atom. The van der Waals surface area contributed by atoms with E-state index < -0.39 is 0 Å². The van der Waals surface area contributed by atoms with Crippen molar-refractivity contribution in [1.82, 2.24) is 18.9 Å². The van der Waals surface area contributed by atoms with Crippen LogP contribution >= 0.6 is 11.5 Å². The monoisotopic (exact) mass is 279 g/mol. The number of imidazole rings is 1. The summed E-state index contributed by atoms with van der Waals surface area (Å²) >= 11 is 1.48. The highest BCUT2D eigenvalue weighted by atomic mass is 32.1. The summed E-state index contributed by atoms with van der Waals surface area (Å²) in [6.07, 6.45) is 6.71. The number of anilines is 1. The molecule has 2 aromatic rings. The zero-order valence-corrected chi connectivity index (χ0v) is 12.8. The van der Waals surface area contributed by atoms with Gasteiger partial charge in [0, 0.05) is 49.5 Å². The molecule has 0 N–H and O–H groups in total. The fourth-order valence-corrected chi connectivity index (χ4v) is 2.52. The van der Waals surface area contributed by atoms with Crippen LogP contribution in [0.2, 0.25) is 0 Å². The minimum absolute atomic E-state index is 0.0202. The number of nitrogens with zero attached hydrogens (tertiary/aromatic N) is 5. The Labute approximate surface area is 118 Å². The molecule has 2 heterocycles. The summed E-state index contributed by atoms with van der Waals surface area (Å²) < 4.78 is 6.53. The van der Waals surface area contributed by atoms with Crippen LogP contribution < -0.4 is 4.90 Å². The quantitative estimate of drug-likeness (QED) is 0.844. The first kappa shape index (κ1) is 14.0. The summed E-state index contributed by atoms with van der Waals surface area (Å²) in [5.41, 5.74) is 0.0202. The first-order valence-corrected chi connectivity index (χ1v) is 7.25. The molecule has 0 aliphatic heterocycles. The van der Waals surface area contributed by atoms with Gasteiger partial charge in [-0.2, -0.15) is 4.37 Å². The largest absolute Gasteiger partial charge is 0.350 e. The van der Waals surface area contributed by atoms with Gasteiger partial charge in [0.1, 0.15) is 5.82 Å². The molecule has 0 fully saturated rings. The smallest absolute Gasteiger partial charge is 0.204 e. The molecule has 5 nitrogen and oxygen atoms in total. The molecule has 0 aliphatic carbocycles. The van der Waals surface area contributed by atoms with Crippen LogP contribution in [0.15, 0.2) is 18.7 Å². The highest BCUT2D eigenvalue weighted by Gasteiger charge is 2.20. The molecule has 0 bridgehead atoms.